The fourth-order valence-electron chi connectivity index (χ4n) is 1.76. The Morgan fingerprint density at radius 2 is 1.90 bits per heavy atom. The summed E-state index contributed by atoms with van der Waals surface area (Å²) in [4.78, 5) is 23.1. The number of carbonyl (C=O) groups is 1. The SMILES string of the molecule is O=[C]C(C(=O)COc1ccccc1)c1cccc(Br)c1. The Hall–Kier alpha value is -1.94. The average molecular weight is 332 g/mol. The van der Waals surface area contributed by atoms with Gasteiger partial charge in [-0.2, -0.15) is 0 Å². The highest BCUT2D eigenvalue weighted by Crippen LogP contribution is 2.20. The van der Waals surface area contributed by atoms with E-state index in [1.807, 2.05) is 24.3 Å². The molecular weight excluding hydrogens is 320 g/mol. The van der Waals surface area contributed by atoms with Crippen molar-refractivity contribution in [2.45, 2.75) is 5.92 Å². The molecule has 3 nitrogen and oxygen atoms in total. The molecule has 101 valence electrons. The largest absolute Gasteiger partial charge is 0.486 e. The highest BCUT2D eigenvalue weighted by Gasteiger charge is 2.21. The summed E-state index contributed by atoms with van der Waals surface area (Å²) < 4.78 is 6.17. The first-order chi connectivity index (χ1) is 9.70. The fourth-order valence-corrected chi connectivity index (χ4v) is 2.18. The molecule has 0 fully saturated rings. The van der Waals surface area contributed by atoms with E-state index in [0.29, 0.717) is 11.3 Å². The summed E-state index contributed by atoms with van der Waals surface area (Å²) in [5.74, 6) is -0.641. The zero-order valence-electron chi connectivity index (χ0n) is 10.6. The third-order valence-corrected chi connectivity index (χ3v) is 3.24. The second-order valence-corrected chi connectivity index (χ2v) is 5.09. The Labute approximate surface area is 125 Å². The topological polar surface area (TPSA) is 43.4 Å². The molecule has 0 aliphatic heterocycles. The van der Waals surface area contributed by atoms with Crippen LogP contribution in [0.3, 0.4) is 0 Å². The lowest BCUT2D eigenvalue weighted by molar-refractivity contribution is -0.121. The van der Waals surface area contributed by atoms with Crippen molar-refractivity contribution in [2.75, 3.05) is 6.61 Å². The van der Waals surface area contributed by atoms with Crippen LogP contribution in [0.25, 0.3) is 0 Å². The number of hydrogen-bond acceptors (Lipinski definition) is 3. The Kier molecular flexibility index (Phi) is 5.07. The molecule has 1 atom stereocenters. The Balaban J connectivity index is 2.04. The van der Waals surface area contributed by atoms with Crippen molar-refractivity contribution >= 4 is 28.0 Å². The summed E-state index contributed by atoms with van der Waals surface area (Å²) in [5.41, 5.74) is 0.607. The molecule has 0 spiro atoms. The van der Waals surface area contributed by atoms with Crippen LogP contribution < -0.4 is 4.74 Å². The van der Waals surface area contributed by atoms with E-state index in [2.05, 4.69) is 15.9 Å². The van der Waals surface area contributed by atoms with Crippen molar-refractivity contribution in [3.8, 4) is 5.75 Å². The molecule has 20 heavy (non-hydrogen) atoms. The van der Waals surface area contributed by atoms with Gasteiger partial charge in [-0.15, -0.1) is 0 Å². The maximum absolute atomic E-state index is 12.1. The third kappa shape index (κ3) is 3.78. The van der Waals surface area contributed by atoms with Gasteiger partial charge in [0.15, 0.2) is 5.78 Å². The van der Waals surface area contributed by atoms with Gasteiger partial charge in [0.25, 0.3) is 0 Å². The normalized spacial score (nSPS) is 11.7. The van der Waals surface area contributed by atoms with Crippen LogP contribution in [0.4, 0.5) is 0 Å². The summed E-state index contributed by atoms with van der Waals surface area (Å²) in [6.07, 6.45) is 1.78. The molecule has 0 bridgehead atoms. The van der Waals surface area contributed by atoms with Gasteiger partial charge in [0.05, 0.1) is 0 Å². The lowest BCUT2D eigenvalue weighted by Crippen LogP contribution is -2.21. The number of para-hydroxylation sites is 1. The molecule has 0 N–H and O–H groups in total. The second-order valence-electron chi connectivity index (χ2n) is 4.17. The van der Waals surface area contributed by atoms with Crippen LogP contribution in [0.5, 0.6) is 5.75 Å². The number of Topliss-reactive ketones (excluding diaryl/α,β-unsaturated/α-hetero) is 1. The lowest BCUT2D eigenvalue weighted by atomic mass is 9.97. The average Bonchev–Trinajstić information content (AvgIpc) is 2.47. The minimum Gasteiger partial charge on any atom is -0.486 e. The van der Waals surface area contributed by atoms with Crippen LogP contribution in [0.2, 0.25) is 0 Å². The van der Waals surface area contributed by atoms with Crippen molar-refractivity contribution in [1.29, 1.82) is 0 Å². The zero-order chi connectivity index (χ0) is 14.4. The number of hydrogen-bond donors (Lipinski definition) is 0. The maximum atomic E-state index is 12.1. The van der Waals surface area contributed by atoms with Gasteiger partial charge in [0, 0.05) is 4.47 Å². The van der Waals surface area contributed by atoms with Gasteiger partial charge in [0.2, 0.25) is 6.29 Å². The van der Waals surface area contributed by atoms with Crippen LogP contribution in [-0.4, -0.2) is 18.7 Å². The standard InChI is InChI=1S/C16H12BrO3/c17-13-6-4-5-12(9-13)15(10-18)16(19)11-20-14-7-2-1-3-8-14/h1-9,15H,11H2. The molecule has 2 aromatic rings. The molecule has 1 unspecified atom stereocenters. The number of ether oxygens (including phenoxy) is 1. The van der Waals surface area contributed by atoms with E-state index >= 15 is 0 Å². The molecule has 0 aliphatic carbocycles. The van der Waals surface area contributed by atoms with Crippen LogP contribution in [0.15, 0.2) is 59.1 Å². The van der Waals surface area contributed by atoms with E-state index in [9.17, 15) is 9.59 Å². The highest BCUT2D eigenvalue weighted by molar-refractivity contribution is 9.10. The molecule has 4 heteroatoms. The first kappa shape index (κ1) is 14.5. The molecule has 0 aromatic heterocycles. The molecule has 2 rings (SSSR count). The van der Waals surface area contributed by atoms with E-state index < -0.39 is 5.92 Å². The van der Waals surface area contributed by atoms with E-state index in [4.69, 9.17) is 4.74 Å². The lowest BCUT2D eigenvalue weighted by Gasteiger charge is -2.10. The van der Waals surface area contributed by atoms with Gasteiger partial charge in [-0.05, 0) is 29.8 Å². The Morgan fingerprint density at radius 1 is 1.15 bits per heavy atom. The van der Waals surface area contributed by atoms with Crippen LogP contribution in [0, 0.1) is 0 Å². The smallest absolute Gasteiger partial charge is 0.214 e. The zero-order valence-corrected chi connectivity index (χ0v) is 12.2. The predicted octanol–water partition coefficient (Wildman–Crippen LogP) is 3.29. The first-order valence-corrected chi connectivity index (χ1v) is 6.83. The monoisotopic (exact) mass is 331 g/mol. The summed E-state index contributed by atoms with van der Waals surface area (Å²) in [7, 11) is 0. The number of rotatable bonds is 6. The number of benzene rings is 2. The minimum atomic E-state index is -0.920. The molecule has 0 amide bonds. The van der Waals surface area contributed by atoms with Crippen molar-refractivity contribution in [2.24, 2.45) is 0 Å². The summed E-state index contributed by atoms with van der Waals surface area (Å²) in [5, 5.41) is 0. The molecule has 0 saturated carbocycles. The van der Waals surface area contributed by atoms with E-state index in [1.165, 1.54) is 0 Å². The van der Waals surface area contributed by atoms with Gasteiger partial charge in [-0.1, -0.05) is 46.3 Å². The Morgan fingerprint density at radius 3 is 2.55 bits per heavy atom. The molecule has 2 aromatic carbocycles. The predicted molar refractivity (Wildman–Crippen MR) is 79.5 cm³/mol. The summed E-state index contributed by atoms with van der Waals surface area (Å²) in [6.45, 7) is -0.156. The van der Waals surface area contributed by atoms with Gasteiger partial charge in [0.1, 0.15) is 18.3 Å². The highest BCUT2D eigenvalue weighted by atomic mass is 79.9. The third-order valence-electron chi connectivity index (χ3n) is 2.75. The quantitative estimate of drug-likeness (QED) is 0.763. The van der Waals surface area contributed by atoms with Gasteiger partial charge in [-0.25, -0.2) is 0 Å². The molecule has 0 heterocycles. The van der Waals surface area contributed by atoms with Crippen LogP contribution >= 0.6 is 15.9 Å². The van der Waals surface area contributed by atoms with Gasteiger partial charge in [-0.3, -0.25) is 9.59 Å². The summed E-state index contributed by atoms with van der Waals surface area (Å²) >= 11 is 3.31. The van der Waals surface area contributed by atoms with Crippen molar-refractivity contribution < 1.29 is 14.3 Å². The second kappa shape index (κ2) is 7.01. The van der Waals surface area contributed by atoms with E-state index in [0.717, 1.165) is 4.47 Å². The number of ketones is 1. The van der Waals surface area contributed by atoms with Crippen molar-refractivity contribution in [3.05, 3.63) is 64.6 Å². The fraction of sp³-hybridized carbons (Fsp3) is 0.125. The van der Waals surface area contributed by atoms with Crippen molar-refractivity contribution in [1.82, 2.24) is 0 Å². The van der Waals surface area contributed by atoms with Crippen LogP contribution in [0.1, 0.15) is 11.5 Å². The molecular formula is C16H12BrO3. The number of carbonyl (C=O) groups excluding carboxylic acids is 2. The van der Waals surface area contributed by atoms with Gasteiger partial charge < -0.3 is 4.74 Å². The van der Waals surface area contributed by atoms with Gasteiger partial charge >= 0.3 is 0 Å². The molecule has 0 saturated heterocycles. The van der Waals surface area contributed by atoms with E-state index in [1.54, 1.807) is 36.6 Å². The molecule has 0 aliphatic rings. The minimum absolute atomic E-state index is 0.156. The van der Waals surface area contributed by atoms with Crippen LogP contribution in [-0.2, 0) is 9.59 Å². The first-order valence-electron chi connectivity index (χ1n) is 6.04. The number of halogens is 1. The molecule has 1 radical (unpaired) electrons. The maximum Gasteiger partial charge on any atom is 0.214 e. The Bertz CT molecular complexity index is 596. The summed E-state index contributed by atoms with van der Waals surface area (Å²) in [6, 6.07) is 16.1. The van der Waals surface area contributed by atoms with Crippen molar-refractivity contribution in [3.63, 3.8) is 0 Å². The van der Waals surface area contributed by atoms with E-state index in [-0.39, 0.29) is 12.4 Å².